The molecule has 7 heteroatoms. The van der Waals surface area contributed by atoms with Gasteiger partial charge in [0.15, 0.2) is 11.5 Å². The van der Waals surface area contributed by atoms with Crippen molar-refractivity contribution in [1.29, 1.82) is 0 Å². The highest BCUT2D eigenvalue weighted by Crippen LogP contribution is 2.47. The van der Waals surface area contributed by atoms with Crippen molar-refractivity contribution >= 4 is 17.7 Å². The quantitative estimate of drug-likeness (QED) is 0.497. The third-order valence-electron chi connectivity index (χ3n) is 4.52. The number of hydrogen-bond acceptors (Lipinski definition) is 4. The van der Waals surface area contributed by atoms with Crippen LogP contribution in [0.2, 0.25) is 0 Å². The Morgan fingerprint density at radius 2 is 1.96 bits per heavy atom. The number of hydrogen-bond donors (Lipinski definition) is 1. The van der Waals surface area contributed by atoms with Crippen LogP contribution in [0.25, 0.3) is 11.1 Å². The van der Waals surface area contributed by atoms with E-state index in [-0.39, 0.29) is 11.3 Å². The zero-order chi connectivity index (χ0) is 20.5. The Morgan fingerprint density at radius 1 is 1.29 bits per heavy atom. The van der Waals surface area contributed by atoms with Crippen molar-refractivity contribution in [1.82, 2.24) is 0 Å². The zero-order valence-corrected chi connectivity index (χ0v) is 16.8. The van der Waals surface area contributed by atoms with Crippen LogP contribution in [0.3, 0.4) is 0 Å². The van der Waals surface area contributed by atoms with Gasteiger partial charge in [0.2, 0.25) is 0 Å². The van der Waals surface area contributed by atoms with Gasteiger partial charge >= 0.3 is 5.97 Å². The minimum atomic E-state index is -0.921. The molecule has 1 N–H and O–H groups in total. The second kappa shape index (κ2) is 7.99. The SMILES string of the molecule is COc1ccc(-c2cc(F)c(SCCCC(=O)O)c(F)c2)c2c1OC(C)(C)C2. The number of methoxy groups -OCH3 is 1. The highest BCUT2D eigenvalue weighted by molar-refractivity contribution is 7.99. The molecular formula is C21H22F2O4S. The largest absolute Gasteiger partial charge is 0.493 e. The third-order valence-corrected chi connectivity index (χ3v) is 5.69. The fourth-order valence-corrected chi connectivity index (χ4v) is 4.20. The monoisotopic (exact) mass is 408 g/mol. The van der Waals surface area contributed by atoms with Gasteiger partial charge in [-0.1, -0.05) is 6.07 Å². The lowest BCUT2D eigenvalue weighted by atomic mass is 9.93. The molecule has 1 aliphatic heterocycles. The second-order valence-corrected chi connectivity index (χ2v) is 8.38. The maximum Gasteiger partial charge on any atom is 0.303 e. The zero-order valence-electron chi connectivity index (χ0n) is 16.0. The van der Waals surface area contributed by atoms with Crippen molar-refractivity contribution in [2.75, 3.05) is 12.9 Å². The van der Waals surface area contributed by atoms with E-state index in [9.17, 15) is 13.6 Å². The van der Waals surface area contributed by atoms with Gasteiger partial charge in [0.25, 0.3) is 0 Å². The minimum Gasteiger partial charge on any atom is -0.493 e. The molecule has 1 aliphatic rings. The van der Waals surface area contributed by atoms with Crippen LogP contribution in [0, 0.1) is 11.6 Å². The summed E-state index contributed by atoms with van der Waals surface area (Å²) in [6.45, 7) is 3.91. The van der Waals surface area contributed by atoms with E-state index >= 15 is 0 Å². The van der Waals surface area contributed by atoms with Crippen LogP contribution in [0.4, 0.5) is 8.78 Å². The number of ether oxygens (including phenoxy) is 2. The van der Waals surface area contributed by atoms with Crippen LogP contribution in [-0.2, 0) is 11.2 Å². The highest BCUT2D eigenvalue weighted by atomic mass is 32.2. The molecule has 0 aliphatic carbocycles. The first kappa shape index (κ1) is 20.5. The summed E-state index contributed by atoms with van der Waals surface area (Å²) >= 11 is 0.993. The third kappa shape index (κ3) is 4.24. The van der Waals surface area contributed by atoms with E-state index in [4.69, 9.17) is 14.6 Å². The smallest absolute Gasteiger partial charge is 0.303 e. The molecule has 2 aromatic rings. The average Bonchev–Trinajstić information content (AvgIpc) is 2.94. The fraction of sp³-hybridized carbons (Fsp3) is 0.381. The molecule has 0 fully saturated rings. The molecular weight excluding hydrogens is 386 g/mol. The Bertz CT molecular complexity index is 889. The molecule has 0 aromatic heterocycles. The van der Waals surface area contributed by atoms with Crippen LogP contribution in [0.15, 0.2) is 29.2 Å². The van der Waals surface area contributed by atoms with Crippen LogP contribution >= 0.6 is 11.8 Å². The number of fused-ring (bicyclic) bond motifs is 1. The van der Waals surface area contributed by atoms with Gasteiger partial charge in [-0.25, -0.2) is 8.78 Å². The Balaban J connectivity index is 1.92. The summed E-state index contributed by atoms with van der Waals surface area (Å²) < 4.78 is 40.5. The number of carbonyl (C=O) groups is 1. The molecule has 0 radical (unpaired) electrons. The Kier molecular flexibility index (Phi) is 5.84. The van der Waals surface area contributed by atoms with Crippen molar-refractivity contribution in [3.8, 4) is 22.6 Å². The molecule has 2 aromatic carbocycles. The second-order valence-electron chi connectivity index (χ2n) is 7.28. The van der Waals surface area contributed by atoms with Crippen molar-refractivity contribution in [2.24, 2.45) is 0 Å². The van der Waals surface area contributed by atoms with Gasteiger partial charge in [0.05, 0.1) is 12.0 Å². The first-order chi connectivity index (χ1) is 13.2. The van der Waals surface area contributed by atoms with E-state index in [0.717, 1.165) is 17.3 Å². The molecule has 0 unspecified atom stereocenters. The Labute approximate surface area is 166 Å². The lowest BCUT2D eigenvalue weighted by Crippen LogP contribution is -2.24. The number of benzene rings is 2. The maximum atomic E-state index is 14.6. The number of halogens is 2. The van der Waals surface area contributed by atoms with Crippen LogP contribution in [0.5, 0.6) is 11.5 Å². The first-order valence-corrected chi connectivity index (χ1v) is 9.93. The number of rotatable bonds is 7. The van der Waals surface area contributed by atoms with Gasteiger partial charge < -0.3 is 14.6 Å². The van der Waals surface area contributed by atoms with Gasteiger partial charge in [-0.15, -0.1) is 11.8 Å². The van der Waals surface area contributed by atoms with Gasteiger partial charge in [-0.2, -0.15) is 0 Å². The van der Waals surface area contributed by atoms with E-state index in [2.05, 4.69) is 0 Å². The highest BCUT2D eigenvalue weighted by Gasteiger charge is 2.34. The summed E-state index contributed by atoms with van der Waals surface area (Å²) in [7, 11) is 1.56. The van der Waals surface area contributed by atoms with Crippen molar-refractivity contribution in [2.45, 2.75) is 43.6 Å². The summed E-state index contributed by atoms with van der Waals surface area (Å²) in [6, 6.07) is 6.16. The molecule has 0 spiro atoms. The first-order valence-electron chi connectivity index (χ1n) is 8.95. The molecule has 0 saturated carbocycles. The Hall–Kier alpha value is -2.28. The van der Waals surface area contributed by atoms with Crippen molar-refractivity contribution in [3.63, 3.8) is 0 Å². The van der Waals surface area contributed by atoms with E-state index in [1.165, 1.54) is 12.1 Å². The van der Waals surface area contributed by atoms with E-state index in [0.29, 0.717) is 41.2 Å². The number of carboxylic acids is 1. The topological polar surface area (TPSA) is 55.8 Å². The maximum absolute atomic E-state index is 14.6. The van der Waals surface area contributed by atoms with Crippen molar-refractivity contribution in [3.05, 3.63) is 41.5 Å². The van der Waals surface area contributed by atoms with Crippen LogP contribution in [-0.4, -0.2) is 29.5 Å². The summed E-state index contributed by atoms with van der Waals surface area (Å²) in [6.07, 6.45) is 0.922. The molecule has 3 rings (SSSR count). The van der Waals surface area contributed by atoms with E-state index in [1.807, 2.05) is 13.8 Å². The molecule has 0 amide bonds. The van der Waals surface area contributed by atoms with E-state index < -0.39 is 23.2 Å². The number of carboxylic acid groups (broad SMARTS) is 1. The number of aliphatic carboxylic acids is 1. The van der Waals surface area contributed by atoms with Crippen LogP contribution < -0.4 is 9.47 Å². The molecule has 28 heavy (non-hydrogen) atoms. The average molecular weight is 408 g/mol. The summed E-state index contributed by atoms with van der Waals surface area (Å²) in [5.41, 5.74) is 1.58. The molecule has 4 nitrogen and oxygen atoms in total. The fourth-order valence-electron chi connectivity index (χ4n) is 3.31. The van der Waals surface area contributed by atoms with Crippen LogP contribution in [0.1, 0.15) is 32.3 Å². The molecule has 0 saturated heterocycles. The minimum absolute atomic E-state index is 0.0257. The van der Waals surface area contributed by atoms with Crippen molar-refractivity contribution < 1.29 is 28.2 Å². The van der Waals surface area contributed by atoms with Gasteiger partial charge in [0, 0.05) is 18.4 Å². The lowest BCUT2D eigenvalue weighted by molar-refractivity contribution is -0.137. The van der Waals surface area contributed by atoms with Gasteiger partial charge in [0.1, 0.15) is 17.2 Å². The molecule has 0 atom stereocenters. The Morgan fingerprint density at radius 3 is 2.57 bits per heavy atom. The summed E-state index contributed by atoms with van der Waals surface area (Å²) in [5.74, 6) is -0.695. The molecule has 150 valence electrons. The predicted molar refractivity (Wildman–Crippen MR) is 104 cm³/mol. The lowest BCUT2D eigenvalue weighted by Gasteiger charge is -2.17. The number of thioether (sulfide) groups is 1. The molecule has 0 bridgehead atoms. The summed E-state index contributed by atoms with van der Waals surface area (Å²) in [4.78, 5) is 10.5. The summed E-state index contributed by atoms with van der Waals surface area (Å²) in [5, 5.41) is 8.66. The van der Waals surface area contributed by atoms with Gasteiger partial charge in [-0.05, 0) is 55.3 Å². The standard InChI is InChI=1S/C21H22F2O4S/c1-21(2)11-14-13(6-7-17(26-3)19(14)27-21)12-9-15(22)20(16(23)10-12)28-8-4-5-18(24)25/h6-7,9-10H,4-5,8,11H2,1-3H3,(H,24,25). The molecule has 1 heterocycles. The predicted octanol–water partition coefficient (Wildman–Crippen LogP) is 5.31. The van der Waals surface area contributed by atoms with Gasteiger partial charge in [-0.3, -0.25) is 4.79 Å². The van der Waals surface area contributed by atoms with E-state index in [1.54, 1.807) is 19.2 Å². The normalized spacial score (nSPS) is 14.5.